The lowest BCUT2D eigenvalue weighted by Crippen LogP contribution is -2.33. The molecule has 0 aliphatic rings. The van der Waals surface area contributed by atoms with Crippen LogP contribution < -0.4 is 9.94 Å². The van der Waals surface area contributed by atoms with Crippen molar-refractivity contribution in [2.75, 3.05) is 0 Å². The van der Waals surface area contributed by atoms with Gasteiger partial charge in [0, 0.05) is 5.39 Å². The largest absolute Gasteiger partial charge is 0.591 e. The zero-order valence-corrected chi connectivity index (χ0v) is 8.19. The summed E-state index contributed by atoms with van der Waals surface area (Å²) >= 11 is 0. The molecule has 0 unspecified atom stereocenters. The summed E-state index contributed by atoms with van der Waals surface area (Å²) in [5.41, 5.74) is -0.687. The van der Waals surface area contributed by atoms with E-state index in [-0.39, 0.29) is 10.2 Å². The lowest BCUT2D eigenvalue weighted by atomic mass is 10.2. The summed E-state index contributed by atoms with van der Waals surface area (Å²) in [4.78, 5) is 14.3. The molecule has 0 bridgehead atoms. The Hall–Kier alpha value is -2.18. The molecular weight excluding hydrogens is 239 g/mol. The number of carbonyl (C=O) groups is 1. The molecule has 1 aromatic carbocycles. The average Bonchev–Trinajstić information content (AvgIpc) is 2.55. The van der Waals surface area contributed by atoms with E-state index in [4.69, 9.17) is 0 Å². The first-order valence-corrected chi connectivity index (χ1v) is 4.46. The van der Waals surface area contributed by atoms with Crippen molar-refractivity contribution in [3.63, 3.8) is 0 Å². The lowest BCUT2D eigenvalue weighted by Gasteiger charge is -2.13. The van der Waals surface area contributed by atoms with Crippen molar-refractivity contribution >= 4 is 16.9 Å². The first-order chi connectivity index (χ1) is 7.88. The number of aromatic nitrogens is 1. The fourth-order valence-corrected chi connectivity index (χ4v) is 1.47. The molecule has 7 heteroatoms. The summed E-state index contributed by atoms with van der Waals surface area (Å²) in [6, 6.07) is 6.87. The van der Waals surface area contributed by atoms with Gasteiger partial charge in [0.25, 0.3) is 0 Å². The molecule has 2 aromatic rings. The van der Waals surface area contributed by atoms with Gasteiger partial charge in [-0.2, -0.15) is 4.73 Å². The molecule has 0 aliphatic heterocycles. The van der Waals surface area contributed by atoms with Gasteiger partial charge in [-0.15, -0.1) is 13.2 Å². The number of halogens is 3. The molecule has 1 heterocycles. The highest BCUT2D eigenvalue weighted by Gasteiger charge is 2.33. The van der Waals surface area contributed by atoms with Gasteiger partial charge < -0.3 is 14.7 Å². The van der Waals surface area contributed by atoms with Crippen molar-refractivity contribution in [1.82, 2.24) is 4.73 Å². The monoisotopic (exact) mass is 244 g/mol. The number of hydrogen-bond donors (Lipinski definition) is 0. The topological polar surface area (TPSA) is 54.3 Å². The summed E-state index contributed by atoms with van der Waals surface area (Å²) < 4.78 is 36.6. The van der Waals surface area contributed by atoms with Gasteiger partial charge >= 0.3 is 6.36 Å². The van der Waals surface area contributed by atoms with E-state index in [9.17, 15) is 23.1 Å². The minimum Gasteiger partial charge on any atom is -0.543 e. The van der Waals surface area contributed by atoms with Gasteiger partial charge in [0.2, 0.25) is 0 Å². The number of nitrogens with zero attached hydrogens (tertiary/aromatic N) is 1. The fourth-order valence-electron chi connectivity index (χ4n) is 1.47. The van der Waals surface area contributed by atoms with E-state index in [1.807, 2.05) is 0 Å². The summed E-state index contributed by atoms with van der Waals surface area (Å²) in [7, 11) is 0. The fraction of sp³-hybridized carbons (Fsp3) is 0.100. The van der Waals surface area contributed by atoms with Gasteiger partial charge in [-0.05, 0) is 12.1 Å². The van der Waals surface area contributed by atoms with Crippen LogP contribution in [0.5, 0.6) is 0 Å². The van der Waals surface area contributed by atoms with Crippen LogP contribution in [0.3, 0.4) is 0 Å². The number of carboxylic acids is 1. The Bertz CT molecular complexity index is 574. The van der Waals surface area contributed by atoms with Crippen molar-refractivity contribution in [2.24, 2.45) is 0 Å². The molecule has 0 amide bonds. The van der Waals surface area contributed by atoms with Crippen molar-refractivity contribution in [2.45, 2.75) is 6.36 Å². The highest BCUT2D eigenvalue weighted by molar-refractivity contribution is 5.93. The number of aromatic carboxylic acids is 1. The van der Waals surface area contributed by atoms with Gasteiger partial charge in [-0.1, -0.05) is 18.2 Å². The summed E-state index contributed by atoms with van der Waals surface area (Å²) in [6.07, 6.45) is -4.98. The van der Waals surface area contributed by atoms with E-state index in [1.165, 1.54) is 18.2 Å². The maximum Gasteiger partial charge on any atom is 0.591 e. The molecule has 0 saturated heterocycles. The van der Waals surface area contributed by atoms with E-state index >= 15 is 0 Å². The maximum absolute atomic E-state index is 12.1. The van der Waals surface area contributed by atoms with E-state index < -0.39 is 18.0 Å². The number of hydrogen-bond acceptors (Lipinski definition) is 3. The quantitative estimate of drug-likeness (QED) is 0.790. The minimum atomic E-state index is -4.98. The molecule has 0 radical (unpaired) electrons. The molecule has 17 heavy (non-hydrogen) atoms. The Morgan fingerprint density at radius 2 is 1.94 bits per heavy atom. The molecule has 1 aromatic heterocycles. The summed E-state index contributed by atoms with van der Waals surface area (Å²) in [5, 5.41) is 11.0. The normalized spacial score (nSPS) is 11.7. The van der Waals surface area contributed by atoms with E-state index in [2.05, 4.69) is 4.84 Å². The zero-order chi connectivity index (χ0) is 12.6. The predicted octanol–water partition coefficient (Wildman–Crippen LogP) is 0.953. The summed E-state index contributed by atoms with van der Waals surface area (Å²) in [5.74, 6) is -1.74. The number of fused-ring (bicyclic) bond motifs is 1. The molecule has 0 aliphatic carbocycles. The zero-order valence-electron chi connectivity index (χ0n) is 8.19. The molecule has 0 spiro atoms. The molecule has 0 N–H and O–H groups in total. The molecule has 4 nitrogen and oxygen atoms in total. The van der Waals surface area contributed by atoms with Crippen molar-refractivity contribution < 1.29 is 27.9 Å². The van der Waals surface area contributed by atoms with Crippen LogP contribution in [0.25, 0.3) is 10.9 Å². The van der Waals surface area contributed by atoms with Gasteiger partial charge in [0.05, 0.1) is 11.5 Å². The molecule has 90 valence electrons. The van der Waals surface area contributed by atoms with Gasteiger partial charge in [0.1, 0.15) is 5.69 Å². The third-order valence-corrected chi connectivity index (χ3v) is 2.07. The van der Waals surface area contributed by atoms with Crippen LogP contribution in [0.1, 0.15) is 10.5 Å². The van der Waals surface area contributed by atoms with Crippen LogP contribution in [0, 0.1) is 0 Å². The van der Waals surface area contributed by atoms with Crippen LogP contribution >= 0.6 is 0 Å². The smallest absolute Gasteiger partial charge is 0.543 e. The maximum atomic E-state index is 12.1. The average molecular weight is 244 g/mol. The summed E-state index contributed by atoms with van der Waals surface area (Å²) in [6.45, 7) is 0. The van der Waals surface area contributed by atoms with Crippen LogP contribution in [0.4, 0.5) is 13.2 Å². The number of carboxylic acid groups (broad SMARTS) is 1. The Morgan fingerprint density at radius 1 is 1.29 bits per heavy atom. The SMILES string of the molecule is O=C([O-])c1cc2ccccc2n1OC(F)(F)F. The van der Waals surface area contributed by atoms with Crippen LogP contribution in [0.2, 0.25) is 0 Å². The van der Waals surface area contributed by atoms with Crippen LogP contribution in [-0.2, 0) is 0 Å². The highest BCUT2D eigenvalue weighted by Crippen LogP contribution is 2.22. The molecular formula is C10H5F3NO3-. The van der Waals surface area contributed by atoms with Gasteiger partial charge in [-0.25, -0.2) is 0 Å². The number of para-hydroxylation sites is 1. The third kappa shape index (κ3) is 2.17. The number of alkyl halides is 3. The van der Waals surface area contributed by atoms with Gasteiger partial charge in [-0.3, -0.25) is 0 Å². The molecule has 0 fully saturated rings. The van der Waals surface area contributed by atoms with E-state index in [0.29, 0.717) is 5.39 Å². The third-order valence-electron chi connectivity index (χ3n) is 2.07. The molecule has 0 atom stereocenters. The minimum absolute atomic E-state index is 0.00373. The Kier molecular flexibility index (Phi) is 2.45. The lowest BCUT2D eigenvalue weighted by molar-refractivity contribution is -0.322. The second-order valence-corrected chi connectivity index (χ2v) is 3.21. The molecule has 0 saturated carbocycles. The van der Waals surface area contributed by atoms with Crippen molar-refractivity contribution in [3.8, 4) is 0 Å². The number of benzene rings is 1. The van der Waals surface area contributed by atoms with E-state index in [1.54, 1.807) is 6.07 Å². The second-order valence-electron chi connectivity index (χ2n) is 3.21. The molecule has 2 rings (SSSR count). The first-order valence-electron chi connectivity index (χ1n) is 4.46. The van der Waals surface area contributed by atoms with Crippen molar-refractivity contribution in [3.05, 3.63) is 36.0 Å². The van der Waals surface area contributed by atoms with Crippen LogP contribution in [-0.4, -0.2) is 17.1 Å². The number of carbonyl (C=O) groups excluding carboxylic acids is 1. The Balaban J connectivity index is 2.64. The first kappa shape index (κ1) is 11.3. The van der Waals surface area contributed by atoms with Crippen LogP contribution in [0.15, 0.2) is 30.3 Å². The van der Waals surface area contributed by atoms with Crippen molar-refractivity contribution in [1.29, 1.82) is 0 Å². The number of rotatable bonds is 2. The van der Waals surface area contributed by atoms with E-state index in [0.717, 1.165) is 6.07 Å². The Morgan fingerprint density at radius 3 is 2.53 bits per heavy atom. The standard InChI is InChI=1S/C10H6F3NO3/c11-10(12,13)17-14-7-4-2-1-3-6(7)5-8(14)9(15)16/h1-5H,(H,15,16)/p-1. The second kappa shape index (κ2) is 3.69. The Labute approximate surface area is 92.8 Å². The van der Waals surface area contributed by atoms with Gasteiger partial charge in [0.15, 0.2) is 0 Å². The highest BCUT2D eigenvalue weighted by atomic mass is 19.4. The predicted molar refractivity (Wildman–Crippen MR) is 48.9 cm³/mol.